The molecule has 1 N–H and O–H groups in total. The predicted octanol–water partition coefficient (Wildman–Crippen LogP) is 3.71. The smallest absolute Gasteiger partial charge is 0.142 e. The van der Waals surface area contributed by atoms with Crippen LogP contribution in [0.1, 0.15) is 42.4 Å². The molecule has 0 saturated carbocycles. The lowest BCUT2D eigenvalue weighted by Gasteiger charge is -2.40. The van der Waals surface area contributed by atoms with Gasteiger partial charge in [0.25, 0.3) is 0 Å². The Kier molecular flexibility index (Phi) is 4.73. The zero-order chi connectivity index (χ0) is 19.1. The number of halogens is 1. The average molecular weight is 382 g/mol. The number of hydrogen-bond donors (Lipinski definition) is 1. The molecular formula is C23H27FN2O2. The Bertz CT molecular complexity index is 841. The minimum atomic E-state index is -0.519. The molecule has 0 aliphatic carbocycles. The first-order valence-electron chi connectivity index (χ1n) is 10.4. The van der Waals surface area contributed by atoms with Gasteiger partial charge >= 0.3 is 0 Å². The van der Waals surface area contributed by atoms with Gasteiger partial charge in [-0.2, -0.15) is 0 Å². The van der Waals surface area contributed by atoms with E-state index in [9.17, 15) is 9.50 Å². The molecule has 5 rings (SSSR count). The highest BCUT2D eigenvalue weighted by Gasteiger charge is 2.44. The Balaban J connectivity index is 1.20. The van der Waals surface area contributed by atoms with Crippen molar-refractivity contribution in [3.63, 3.8) is 0 Å². The van der Waals surface area contributed by atoms with E-state index in [0.29, 0.717) is 18.4 Å². The summed E-state index contributed by atoms with van der Waals surface area (Å²) >= 11 is 0. The molecule has 28 heavy (non-hydrogen) atoms. The number of aliphatic hydroxyl groups excluding tert-OH is 1. The van der Waals surface area contributed by atoms with Crippen LogP contribution in [0.4, 0.5) is 10.1 Å². The van der Waals surface area contributed by atoms with Gasteiger partial charge in [0.2, 0.25) is 0 Å². The van der Waals surface area contributed by atoms with E-state index in [1.807, 2.05) is 0 Å². The number of ether oxygens (including phenoxy) is 1. The number of piperidine rings is 1. The number of aliphatic hydroxyl groups is 1. The van der Waals surface area contributed by atoms with E-state index in [1.54, 1.807) is 12.1 Å². The Morgan fingerprint density at radius 1 is 1.14 bits per heavy atom. The third kappa shape index (κ3) is 3.16. The van der Waals surface area contributed by atoms with E-state index >= 15 is 0 Å². The van der Waals surface area contributed by atoms with Crippen LogP contribution in [0.3, 0.4) is 0 Å². The second-order valence-corrected chi connectivity index (χ2v) is 8.21. The number of rotatable bonds is 5. The van der Waals surface area contributed by atoms with Crippen LogP contribution < -0.4 is 9.64 Å². The molecule has 0 amide bonds. The first kappa shape index (κ1) is 18.0. The maximum absolute atomic E-state index is 13.0. The summed E-state index contributed by atoms with van der Waals surface area (Å²) in [6.07, 6.45) is 2.31. The SMILES string of the molecule is OC(CCCN1CC[C@H]2[C@@H](C1)c1cccc3c1N2CCO3)c1ccc(F)cc1. The molecule has 0 radical (unpaired) electrons. The van der Waals surface area contributed by atoms with Crippen LogP contribution in [-0.4, -0.2) is 48.8 Å². The number of fused-ring (bicyclic) bond motifs is 3. The van der Waals surface area contributed by atoms with Crippen LogP contribution in [0, 0.1) is 5.82 Å². The maximum atomic E-state index is 13.0. The van der Waals surface area contributed by atoms with Crippen molar-refractivity contribution < 1.29 is 14.2 Å². The molecule has 1 unspecified atom stereocenters. The van der Waals surface area contributed by atoms with Crippen LogP contribution in [0.5, 0.6) is 5.75 Å². The van der Waals surface area contributed by atoms with Crippen LogP contribution in [0.2, 0.25) is 0 Å². The lowest BCUT2D eigenvalue weighted by atomic mass is 9.89. The highest BCUT2D eigenvalue weighted by molar-refractivity contribution is 5.71. The fourth-order valence-electron chi connectivity index (χ4n) is 5.21. The largest absolute Gasteiger partial charge is 0.490 e. The Morgan fingerprint density at radius 2 is 2.00 bits per heavy atom. The van der Waals surface area contributed by atoms with Gasteiger partial charge in [0, 0.05) is 25.0 Å². The van der Waals surface area contributed by atoms with E-state index in [1.165, 1.54) is 29.8 Å². The minimum absolute atomic E-state index is 0.262. The van der Waals surface area contributed by atoms with Gasteiger partial charge in [-0.1, -0.05) is 24.3 Å². The lowest BCUT2D eigenvalue weighted by Crippen LogP contribution is -2.48. The fraction of sp³-hybridized carbons (Fsp3) is 0.478. The molecule has 1 saturated heterocycles. The quantitative estimate of drug-likeness (QED) is 0.855. The molecule has 3 atom stereocenters. The zero-order valence-corrected chi connectivity index (χ0v) is 16.1. The molecule has 2 aromatic rings. The summed E-state index contributed by atoms with van der Waals surface area (Å²) in [5, 5.41) is 10.4. The number of anilines is 1. The molecule has 148 valence electrons. The summed E-state index contributed by atoms with van der Waals surface area (Å²) in [6, 6.07) is 13.3. The number of hydrogen-bond acceptors (Lipinski definition) is 4. The van der Waals surface area contributed by atoms with E-state index < -0.39 is 6.10 Å². The monoisotopic (exact) mass is 382 g/mol. The molecule has 0 aromatic heterocycles. The highest BCUT2D eigenvalue weighted by Crippen LogP contribution is 2.50. The van der Waals surface area contributed by atoms with E-state index in [2.05, 4.69) is 28.0 Å². The summed E-state index contributed by atoms with van der Waals surface area (Å²) in [4.78, 5) is 5.12. The summed E-state index contributed by atoms with van der Waals surface area (Å²) in [5.41, 5.74) is 3.57. The van der Waals surface area contributed by atoms with Gasteiger partial charge in [-0.05, 0) is 55.1 Å². The van der Waals surface area contributed by atoms with E-state index in [0.717, 1.165) is 50.5 Å². The molecule has 4 nitrogen and oxygen atoms in total. The minimum Gasteiger partial charge on any atom is -0.490 e. The number of nitrogens with zero attached hydrogens (tertiary/aromatic N) is 2. The van der Waals surface area contributed by atoms with Crippen LogP contribution >= 0.6 is 0 Å². The Morgan fingerprint density at radius 3 is 2.86 bits per heavy atom. The van der Waals surface area contributed by atoms with Gasteiger partial charge in [0.15, 0.2) is 0 Å². The first-order chi connectivity index (χ1) is 13.7. The third-order valence-corrected chi connectivity index (χ3v) is 6.57. The van der Waals surface area contributed by atoms with Crippen LogP contribution in [0.15, 0.2) is 42.5 Å². The Labute approximate surface area is 165 Å². The van der Waals surface area contributed by atoms with Crippen LogP contribution in [-0.2, 0) is 0 Å². The van der Waals surface area contributed by atoms with Gasteiger partial charge in [-0.25, -0.2) is 4.39 Å². The summed E-state index contributed by atoms with van der Waals surface area (Å²) in [5.74, 6) is 1.33. The van der Waals surface area contributed by atoms with Crippen molar-refractivity contribution in [1.29, 1.82) is 0 Å². The normalized spacial score (nSPS) is 24.4. The summed E-state index contributed by atoms with van der Waals surface area (Å²) < 4.78 is 18.9. The second kappa shape index (κ2) is 7.37. The van der Waals surface area contributed by atoms with Gasteiger partial charge in [-0.3, -0.25) is 0 Å². The molecule has 3 aliphatic heterocycles. The number of likely N-dealkylation sites (tertiary alicyclic amines) is 1. The maximum Gasteiger partial charge on any atom is 0.142 e. The molecule has 0 bridgehead atoms. The van der Waals surface area contributed by atoms with Crippen molar-refractivity contribution in [3.05, 3.63) is 59.4 Å². The number of para-hydroxylation sites is 1. The topological polar surface area (TPSA) is 35.9 Å². The fourth-order valence-corrected chi connectivity index (χ4v) is 5.21. The zero-order valence-electron chi connectivity index (χ0n) is 16.1. The van der Waals surface area contributed by atoms with Crippen molar-refractivity contribution in [1.82, 2.24) is 4.90 Å². The molecule has 0 spiro atoms. The summed E-state index contributed by atoms with van der Waals surface area (Å²) in [6.45, 7) is 4.95. The predicted molar refractivity (Wildman–Crippen MR) is 107 cm³/mol. The Hall–Kier alpha value is -2.11. The summed E-state index contributed by atoms with van der Waals surface area (Å²) in [7, 11) is 0. The van der Waals surface area contributed by atoms with Gasteiger partial charge in [-0.15, -0.1) is 0 Å². The lowest BCUT2D eigenvalue weighted by molar-refractivity contribution is 0.144. The van der Waals surface area contributed by atoms with E-state index in [4.69, 9.17) is 4.74 Å². The van der Waals surface area contributed by atoms with E-state index in [-0.39, 0.29) is 5.82 Å². The van der Waals surface area contributed by atoms with Crippen molar-refractivity contribution >= 4 is 5.69 Å². The molecule has 3 heterocycles. The first-order valence-corrected chi connectivity index (χ1v) is 10.4. The standard InChI is InChI=1S/C23H27FN2O2/c24-17-8-6-16(7-9-17)21(27)4-2-11-25-12-10-20-19(15-25)18-3-1-5-22-23(18)26(20)13-14-28-22/h1,3,5-9,19-21,27H,2,4,10-15H2/t19-,20-,21?/m0/s1. The molecule has 1 fully saturated rings. The molecule has 5 heteroatoms. The molecule has 2 aromatic carbocycles. The van der Waals surface area contributed by atoms with Crippen LogP contribution in [0.25, 0.3) is 0 Å². The van der Waals surface area contributed by atoms with Gasteiger partial charge < -0.3 is 19.6 Å². The van der Waals surface area contributed by atoms with Crippen molar-refractivity contribution in [2.75, 3.05) is 37.7 Å². The third-order valence-electron chi connectivity index (χ3n) is 6.57. The molecule has 3 aliphatic rings. The van der Waals surface area contributed by atoms with Gasteiger partial charge in [0.1, 0.15) is 18.2 Å². The molecular weight excluding hydrogens is 355 g/mol. The van der Waals surface area contributed by atoms with Gasteiger partial charge in [0.05, 0.1) is 18.3 Å². The van der Waals surface area contributed by atoms with Crippen molar-refractivity contribution in [3.8, 4) is 5.75 Å². The average Bonchev–Trinajstić information content (AvgIpc) is 3.04. The highest BCUT2D eigenvalue weighted by atomic mass is 19.1. The van der Waals surface area contributed by atoms with Crippen molar-refractivity contribution in [2.24, 2.45) is 0 Å². The second-order valence-electron chi connectivity index (χ2n) is 8.21. The van der Waals surface area contributed by atoms with Crippen molar-refractivity contribution in [2.45, 2.75) is 37.3 Å². The number of benzene rings is 2.